The summed E-state index contributed by atoms with van der Waals surface area (Å²) >= 11 is 0. The quantitative estimate of drug-likeness (QED) is 0.646. The van der Waals surface area contributed by atoms with E-state index in [4.69, 9.17) is 10.8 Å². The fourth-order valence-corrected chi connectivity index (χ4v) is 1.98. The minimum Gasteiger partial charge on any atom is -0.390 e. The molecule has 0 bridgehead atoms. The predicted molar refractivity (Wildman–Crippen MR) is 59.5 cm³/mol. The zero-order valence-electron chi connectivity index (χ0n) is 9.96. The number of anilines is 1. The van der Waals surface area contributed by atoms with Crippen molar-refractivity contribution < 1.29 is 23.7 Å². The lowest BCUT2D eigenvalue weighted by Gasteiger charge is -2.24. The van der Waals surface area contributed by atoms with Gasteiger partial charge in [-0.2, -0.15) is 4.98 Å². The molecule has 106 valence electrons. The van der Waals surface area contributed by atoms with Crippen molar-refractivity contribution in [3.63, 3.8) is 0 Å². The number of hydrogen-bond acceptors (Lipinski definition) is 6. The van der Waals surface area contributed by atoms with Gasteiger partial charge in [-0.25, -0.2) is 13.6 Å². The molecule has 0 spiro atoms. The monoisotopic (exact) mass is 277 g/mol. The van der Waals surface area contributed by atoms with E-state index in [0.29, 0.717) is 4.57 Å². The summed E-state index contributed by atoms with van der Waals surface area (Å²) in [5.41, 5.74) is 1.70. The fraction of sp³-hybridized carbons (Fsp3) is 0.600. The van der Waals surface area contributed by atoms with Gasteiger partial charge >= 0.3 is 5.69 Å². The molecule has 1 unspecified atom stereocenters. The third-order valence-corrected chi connectivity index (χ3v) is 3.05. The molecule has 1 fully saturated rings. The Morgan fingerprint density at radius 2 is 2.26 bits per heavy atom. The molecule has 7 nitrogen and oxygen atoms in total. The number of rotatable bonds is 2. The smallest absolute Gasteiger partial charge is 0.351 e. The van der Waals surface area contributed by atoms with Crippen molar-refractivity contribution >= 4 is 5.82 Å². The minimum atomic E-state index is -2.99. The van der Waals surface area contributed by atoms with Gasteiger partial charge in [0, 0.05) is 6.20 Å². The van der Waals surface area contributed by atoms with Crippen LogP contribution in [0.2, 0.25) is 0 Å². The van der Waals surface area contributed by atoms with Gasteiger partial charge in [-0.15, -0.1) is 0 Å². The van der Waals surface area contributed by atoms with Gasteiger partial charge in [-0.05, 0) is 13.0 Å². The number of nitrogens with zero attached hydrogens (tertiary/aromatic N) is 2. The van der Waals surface area contributed by atoms with Gasteiger partial charge in [0.15, 0.2) is 18.0 Å². The summed E-state index contributed by atoms with van der Waals surface area (Å²) in [4.78, 5) is 14.9. The zero-order valence-corrected chi connectivity index (χ0v) is 9.96. The van der Waals surface area contributed by atoms with Crippen LogP contribution in [0.15, 0.2) is 17.1 Å². The molecule has 1 aliphatic heterocycles. The maximum Gasteiger partial charge on any atom is 0.351 e. The Balaban J connectivity index is 2.48. The Bertz CT molecular complexity index is 550. The van der Waals surface area contributed by atoms with Crippen molar-refractivity contribution in [1.29, 1.82) is 0 Å². The third-order valence-electron chi connectivity index (χ3n) is 3.05. The van der Waals surface area contributed by atoms with Crippen molar-refractivity contribution in [2.75, 3.05) is 12.3 Å². The molecule has 2 heterocycles. The van der Waals surface area contributed by atoms with Crippen LogP contribution in [0, 0.1) is 0 Å². The number of aliphatic hydroxyl groups is 2. The van der Waals surface area contributed by atoms with E-state index in [0.717, 1.165) is 13.1 Å². The highest BCUT2D eigenvalue weighted by Gasteiger charge is 2.64. The van der Waals surface area contributed by atoms with E-state index in [1.165, 1.54) is 6.07 Å². The molecule has 1 saturated heterocycles. The number of alkyl halides is 2. The molecule has 2 rings (SSSR count). The van der Waals surface area contributed by atoms with E-state index >= 15 is 0 Å². The van der Waals surface area contributed by atoms with Crippen LogP contribution < -0.4 is 11.4 Å². The van der Waals surface area contributed by atoms with Crippen LogP contribution in [-0.2, 0) is 4.74 Å². The van der Waals surface area contributed by atoms with Gasteiger partial charge in [-0.3, -0.25) is 4.57 Å². The third kappa shape index (κ3) is 1.99. The van der Waals surface area contributed by atoms with Crippen LogP contribution in [0.4, 0.5) is 14.6 Å². The van der Waals surface area contributed by atoms with Crippen LogP contribution >= 0.6 is 0 Å². The minimum absolute atomic E-state index is 0.0889. The summed E-state index contributed by atoms with van der Waals surface area (Å²) < 4.78 is 33.7. The molecule has 1 aromatic heterocycles. The Kier molecular flexibility index (Phi) is 3.07. The molecule has 1 aromatic rings. The van der Waals surface area contributed by atoms with E-state index in [-0.39, 0.29) is 5.82 Å². The average molecular weight is 277 g/mol. The van der Waals surface area contributed by atoms with Crippen molar-refractivity contribution in [1.82, 2.24) is 9.55 Å². The lowest BCUT2D eigenvalue weighted by atomic mass is 9.97. The normalized spacial score (nSPS) is 38.6. The fourth-order valence-electron chi connectivity index (χ4n) is 1.98. The molecule has 0 aliphatic carbocycles. The number of halogens is 2. The standard InChI is InChI=1S/C10H13F2N3O4/c1-9(11)6(17)10(12,4-16)19-7(9)15-3-2-5(13)14-8(15)18/h2-3,6-7,16-17H,4H2,1H3,(H2,13,14,18)/t6?,7-,9-,10-/m1/s1. The summed E-state index contributed by atoms with van der Waals surface area (Å²) in [6, 6.07) is 1.20. The SMILES string of the molecule is C[C@@]1(F)C(O)[C@@](F)(CO)O[C@H]1n1ccc(N)nc1=O. The molecular formula is C10H13F2N3O4. The topological polar surface area (TPSA) is 111 Å². The molecule has 0 saturated carbocycles. The van der Waals surface area contributed by atoms with Crippen molar-refractivity contribution in [3.05, 3.63) is 22.7 Å². The molecule has 0 radical (unpaired) electrons. The van der Waals surface area contributed by atoms with Gasteiger partial charge in [0.05, 0.1) is 0 Å². The predicted octanol–water partition coefficient (Wildman–Crippen LogP) is -0.899. The molecule has 9 heteroatoms. The maximum absolute atomic E-state index is 14.4. The van der Waals surface area contributed by atoms with Crippen LogP contribution in [0.25, 0.3) is 0 Å². The number of ether oxygens (including phenoxy) is 1. The highest BCUT2D eigenvalue weighted by Crippen LogP contribution is 2.46. The summed E-state index contributed by atoms with van der Waals surface area (Å²) in [6.45, 7) is -0.385. The van der Waals surface area contributed by atoms with Gasteiger partial charge < -0.3 is 20.7 Å². The highest BCUT2D eigenvalue weighted by molar-refractivity contribution is 5.24. The summed E-state index contributed by atoms with van der Waals surface area (Å²) in [5, 5.41) is 18.4. The van der Waals surface area contributed by atoms with Crippen molar-refractivity contribution in [3.8, 4) is 0 Å². The number of nitrogens with two attached hydrogens (primary N) is 1. The molecule has 0 aromatic carbocycles. The Morgan fingerprint density at radius 3 is 2.74 bits per heavy atom. The Morgan fingerprint density at radius 1 is 1.63 bits per heavy atom. The maximum atomic E-state index is 14.4. The van der Waals surface area contributed by atoms with E-state index in [9.17, 15) is 18.7 Å². The number of hydrogen-bond donors (Lipinski definition) is 3. The summed E-state index contributed by atoms with van der Waals surface area (Å²) in [7, 11) is 0. The molecule has 1 aliphatic rings. The number of aromatic nitrogens is 2. The van der Waals surface area contributed by atoms with Crippen molar-refractivity contribution in [2.45, 2.75) is 30.8 Å². The van der Waals surface area contributed by atoms with Gasteiger partial charge in [0.25, 0.3) is 5.85 Å². The highest BCUT2D eigenvalue weighted by atomic mass is 19.2. The first-order valence-electron chi connectivity index (χ1n) is 5.41. The van der Waals surface area contributed by atoms with E-state index in [1.807, 2.05) is 0 Å². The van der Waals surface area contributed by atoms with Crippen molar-refractivity contribution in [2.24, 2.45) is 0 Å². The molecule has 0 amide bonds. The molecule has 4 N–H and O–H groups in total. The number of nitrogen functional groups attached to an aromatic ring is 1. The van der Waals surface area contributed by atoms with Gasteiger partial charge in [0.2, 0.25) is 0 Å². The largest absolute Gasteiger partial charge is 0.390 e. The summed E-state index contributed by atoms with van der Waals surface area (Å²) in [5.74, 6) is -3.08. The second-order valence-corrected chi connectivity index (χ2v) is 4.51. The van der Waals surface area contributed by atoms with Crippen LogP contribution in [0.5, 0.6) is 0 Å². The first kappa shape index (κ1) is 13.8. The van der Waals surface area contributed by atoms with E-state index in [1.54, 1.807) is 0 Å². The Labute approximate surface area is 106 Å². The molecule has 4 atom stereocenters. The Hall–Kier alpha value is -1.58. The number of aliphatic hydroxyl groups excluding tert-OH is 2. The van der Waals surface area contributed by atoms with Crippen LogP contribution in [-0.4, -0.2) is 44.0 Å². The van der Waals surface area contributed by atoms with Crippen LogP contribution in [0.3, 0.4) is 0 Å². The lowest BCUT2D eigenvalue weighted by molar-refractivity contribution is -0.207. The van der Waals surface area contributed by atoms with E-state index < -0.39 is 36.2 Å². The average Bonchev–Trinajstić information content (AvgIpc) is 2.51. The second kappa shape index (κ2) is 4.22. The first-order chi connectivity index (χ1) is 8.72. The van der Waals surface area contributed by atoms with Gasteiger partial charge in [-0.1, -0.05) is 0 Å². The lowest BCUT2D eigenvalue weighted by Crippen LogP contribution is -2.46. The summed E-state index contributed by atoms with van der Waals surface area (Å²) in [6.07, 6.45) is -2.94. The molecule has 19 heavy (non-hydrogen) atoms. The van der Waals surface area contributed by atoms with E-state index in [2.05, 4.69) is 9.72 Å². The molecular weight excluding hydrogens is 264 g/mol. The van der Waals surface area contributed by atoms with Crippen LogP contribution in [0.1, 0.15) is 13.2 Å². The zero-order chi connectivity index (χ0) is 14.4. The van der Waals surface area contributed by atoms with Gasteiger partial charge in [0.1, 0.15) is 12.4 Å². The first-order valence-corrected chi connectivity index (χ1v) is 5.41. The second-order valence-electron chi connectivity index (χ2n) is 4.51.